The lowest BCUT2D eigenvalue weighted by molar-refractivity contribution is 0.0978. The minimum atomic E-state index is 0.00507. The Balaban J connectivity index is 1.41. The van der Waals surface area contributed by atoms with Gasteiger partial charge in [-0.05, 0) is 87.9 Å². The molecule has 5 nitrogen and oxygen atoms in total. The monoisotopic (exact) mass is 449 g/mol. The number of benzene rings is 2. The highest BCUT2D eigenvalue weighted by atomic mass is 16.2. The standard InChI is InChI=1S/C28H39N3O2/c1-4-29-28(33)31-19-15-24-12-13-26(21-25(24)16-20-31)27(32)11-7-8-17-30(3)18-14-23-10-6-5-9-22(23)2/h5-6,9-10,12-13,21H,4,7-8,11,14-20H2,1-3H3,(H,29,33). The predicted molar refractivity (Wildman–Crippen MR) is 135 cm³/mol. The fraction of sp³-hybridized carbons (Fsp3) is 0.500. The number of rotatable bonds is 10. The van der Waals surface area contributed by atoms with Gasteiger partial charge in [0.2, 0.25) is 0 Å². The first-order valence-electron chi connectivity index (χ1n) is 12.4. The largest absolute Gasteiger partial charge is 0.338 e. The van der Waals surface area contributed by atoms with E-state index in [4.69, 9.17) is 0 Å². The van der Waals surface area contributed by atoms with Crippen LogP contribution >= 0.6 is 0 Å². The molecule has 0 unspecified atom stereocenters. The minimum absolute atomic E-state index is 0.00507. The molecular formula is C28H39N3O2. The van der Waals surface area contributed by atoms with Gasteiger partial charge >= 0.3 is 6.03 Å². The second kappa shape index (κ2) is 12.5. The maximum Gasteiger partial charge on any atom is 0.317 e. The van der Waals surface area contributed by atoms with Crippen molar-refractivity contribution in [2.24, 2.45) is 0 Å². The Morgan fingerprint density at radius 3 is 2.52 bits per heavy atom. The normalized spacial score (nSPS) is 13.5. The molecule has 1 aliphatic heterocycles. The van der Waals surface area contributed by atoms with Gasteiger partial charge in [-0.25, -0.2) is 4.79 Å². The number of nitrogens with zero attached hydrogens (tertiary/aromatic N) is 2. The van der Waals surface area contributed by atoms with Gasteiger partial charge in [0.05, 0.1) is 0 Å². The summed E-state index contributed by atoms with van der Waals surface area (Å²) in [5.41, 5.74) is 6.05. The minimum Gasteiger partial charge on any atom is -0.338 e. The number of carbonyl (C=O) groups is 2. The lowest BCUT2D eigenvalue weighted by Crippen LogP contribution is -2.41. The highest BCUT2D eigenvalue weighted by Crippen LogP contribution is 2.19. The Labute approximate surface area is 199 Å². The van der Waals surface area contributed by atoms with Crippen LogP contribution in [0.5, 0.6) is 0 Å². The summed E-state index contributed by atoms with van der Waals surface area (Å²) in [6.45, 7) is 8.22. The number of carbonyl (C=O) groups excluding carboxylic acids is 2. The van der Waals surface area contributed by atoms with Crippen LogP contribution < -0.4 is 5.32 Å². The molecule has 33 heavy (non-hydrogen) atoms. The third-order valence-electron chi connectivity index (χ3n) is 6.66. The van der Waals surface area contributed by atoms with Crippen molar-refractivity contribution in [1.29, 1.82) is 0 Å². The quantitative estimate of drug-likeness (QED) is 0.424. The summed E-state index contributed by atoms with van der Waals surface area (Å²) in [6.07, 6.45) is 5.25. The van der Waals surface area contributed by atoms with Gasteiger partial charge in [-0.3, -0.25) is 4.79 Å². The van der Waals surface area contributed by atoms with Gasteiger partial charge in [0, 0.05) is 38.2 Å². The number of unbranched alkanes of at least 4 members (excludes halogenated alkanes) is 1. The van der Waals surface area contributed by atoms with Gasteiger partial charge in [0.1, 0.15) is 0 Å². The fourth-order valence-electron chi connectivity index (χ4n) is 4.49. The SMILES string of the molecule is CCNC(=O)N1CCc2ccc(C(=O)CCCCN(C)CCc3ccccc3C)cc2CC1. The van der Waals surface area contributed by atoms with Crippen LogP contribution in [0.2, 0.25) is 0 Å². The number of aryl methyl sites for hydroxylation is 1. The van der Waals surface area contributed by atoms with Crippen molar-refractivity contribution in [2.75, 3.05) is 39.8 Å². The lowest BCUT2D eigenvalue weighted by atomic mass is 9.97. The summed E-state index contributed by atoms with van der Waals surface area (Å²) in [6, 6.07) is 14.7. The zero-order valence-corrected chi connectivity index (χ0v) is 20.5. The first-order valence-corrected chi connectivity index (χ1v) is 12.4. The molecule has 1 aliphatic rings. The molecule has 1 N–H and O–H groups in total. The number of fused-ring (bicyclic) bond motifs is 1. The Morgan fingerprint density at radius 2 is 1.76 bits per heavy atom. The van der Waals surface area contributed by atoms with Crippen molar-refractivity contribution in [3.63, 3.8) is 0 Å². The van der Waals surface area contributed by atoms with Gasteiger partial charge in [0.25, 0.3) is 0 Å². The molecule has 2 aromatic carbocycles. The molecule has 0 spiro atoms. The average molecular weight is 450 g/mol. The lowest BCUT2D eigenvalue weighted by Gasteiger charge is -2.20. The van der Waals surface area contributed by atoms with Crippen molar-refractivity contribution < 1.29 is 9.59 Å². The first-order chi connectivity index (χ1) is 16.0. The number of nitrogens with one attached hydrogen (secondary N) is 1. The Kier molecular flexibility index (Phi) is 9.49. The second-order valence-corrected chi connectivity index (χ2v) is 9.17. The van der Waals surface area contributed by atoms with E-state index in [-0.39, 0.29) is 11.8 Å². The van der Waals surface area contributed by atoms with Crippen LogP contribution in [0.1, 0.15) is 58.8 Å². The zero-order chi connectivity index (χ0) is 23.6. The number of Topliss-reactive ketones (excluding diaryl/α,β-unsaturated/α-hetero) is 1. The van der Waals surface area contributed by atoms with E-state index in [1.165, 1.54) is 22.3 Å². The predicted octanol–water partition coefficient (Wildman–Crippen LogP) is 4.65. The number of likely N-dealkylation sites (N-methyl/N-ethyl adjacent to an activating group) is 1. The molecular weight excluding hydrogens is 410 g/mol. The number of hydrogen-bond acceptors (Lipinski definition) is 3. The van der Waals surface area contributed by atoms with E-state index in [1.54, 1.807) is 0 Å². The van der Waals surface area contributed by atoms with E-state index in [1.807, 2.05) is 17.9 Å². The van der Waals surface area contributed by atoms with Crippen molar-refractivity contribution in [3.05, 3.63) is 70.3 Å². The van der Waals surface area contributed by atoms with Crippen LogP contribution in [0, 0.1) is 6.92 Å². The number of amides is 2. The van der Waals surface area contributed by atoms with Gasteiger partial charge in [-0.1, -0.05) is 36.4 Å². The molecule has 178 valence electrons. The molecule has 0 saturated carbocycles. The van der Waals surface area contributed by atoms with E-state index >= 15 is 0 Å². The summed E-state index contributed by atoms with van der Waals surface area (Å²) in [4.78, 5) is 29.2. The van der Waals surface area contributed by atoms with Gasteiger partial charge < -0.3 is 15.1 Å². The molecule has 0 aromatic heterocycles. The summed E-state index contributed by atoms with van der Waals surface area (Å²) < 4.78 is 0. The molecule has 0 atom stereocenters. The molecule has 2 aromatic rings. The van der Waals surface area contributed by atoms with E-state index < -0.39 is 0 Å². The Bertz CT molecular complexity index is 940. The molecule has 0 saturated heterocycles. The number of urea groups is 1. The van der Waals surface area contributed by atoms with Crippen LogP contribution in [0.25, 0.3) is 0 Å². The zero-order valence-electron chi connectivity index (χ0n) is 20.5. The van der Waals surface area contributed by atoms with Crippen LogP contribution in [-0.2, 0) is 19.3 Å². The smallest absolute Gasteiger partial charge is 0.317 e. The van der Waals surface area contributed by atoms with Crippen LogP contribution in [0.15, 0.2) is 42.5 Å². The molecule has 1 heterocycles. The summed E-state index contributed by atoms with van der Waals surface area (Å²) >= 11 is 0. The maximum absolute atomic E-state index is 12.8. The van der Waals surface area contributed by atoms with E-state index in [2.05, 4.69) is 60.6 Å². The van der Waals surface area contributed by atoms with Gasteiger partial charge in [-0.2, -0.15) is 0 Å². The third kappa shape index (κ3) is 7.43. The topological polar surface area (TPSA) is 52.7 Å². The van der Waals surface area contributed by atoms with Crippen molar-refractivity contribution in [1.82, 2.24) is 15.1 Å². The highest BCUT2D eigenvalue weighted by Gasteiger charge is 2.19. The fourth-order valence-corrected chi connectivity index (χ4v) is 4.49. The van der Waals surface area contributed by atoms with Crippen molar-refractivity contribution in [3.8, 4) is 0 Å². The second-order valence-electron chi connectivity index (χ2n) is 9.17. The van der Waals surface area contributed by atoms with Crippen molar-refractivity contribution in [2.45, 2.75) is 52.4 Å². The molecule has 0 fully saturated rings. The summed E-state index contributed by atoms with van der Waals surface area (Å²) in [5.74, 6) is 0.227. The van der Waals surface area contributed by atoms with E-state index in [0.29, 0.717) is 19.5 Å². The average Bonchev–Trinajstić information content (AvgIpc) is 3.03. The van der Waals surface area contributed by atoms with E-state index in [0.717, 1.165) is 57.3 Å². The molecule has 0 bridgehead atoms. The molecule has 3 rings (SSSR count). The summed E-state index contributed by atoms with van der Waals surface area (Å²) in [7, 11) is 2.16. The van der Waals surface area contributed by atoms with Crippen LogP contribution in [-0.4, -0.2) is 61.4 Å². The van der Waals surface area contributed by atoms with Crippen LogP contribution in [0.4, 0.5) is 4.79 Å². The third-order valence-corrected chi connectivity index (χ3v) is 6.66. The highest BCUT2D eigenvalue weighted by molar-refractivity contribution is 5.96. The number of hydrogen-bond donors (Lipinski definition) is 1. The number of ketones is 1. The Morgan fingerprint density at radius 1 is 1.00 bits per heavy atom. The molecule has 0 aliphatic carbocycles. The molecule has 5 heteroatoms. The Hall–Kier alpha value is -2.66. The van der Waals surface area contributed by atoms with E-state index in [9.17, 15) is 9.59 Å². The molecule has 2 amide bonds. The maximum atomic E-state index is 12.8. The summed E-state index contributed by atoms with van der Waals surface area (Å²) in [5, 5.41) is 2.88. The molecule has 0 radical (unpaired) electrons. The van der Waals surface area contributed by atoms with Crippen LogP contribution in [0.3, 0.4) is 0 Å². The van der Waals surface area contributed by atoms with Crippen molar-refractivity contribution >= 4 is 11.8 Å². The van der Waals surface area contributed by atoms with Gasteiger partial charge in [-0.15, -0.1) is 0 Å². The first kappa shape index (κ1) is 25.0. The van der Waals surface area contributed by atoms with Gasteiger partial charge in [0.15, 0.2) is 5.78 Å².